The summed E-state index contributed by atoms with van der Waals surface area (Å²) in [5.41, 5.74) is 1.67. The molecule has 0 amide bonds. The second kappa shape index (κ2) is 5.70. The van der Waals surface area contributed by atoms with Crippen LogP contribution in [0, 0.1) is 11.3 Å². The van der Waals surface area contributed by atoms with Crippen LogP contribution in [0.3, 0.4) is 0 Å². The lowest BCUT2D eigenvalue weighted by Crippen LogP contribution is -2.15. The van der Waals surface area contributed by atoms with E-state index in [1.807, 2.05) is 6.07 Å². The monoisotopic (exact) mass is 314 g/mol. The highest BCUT2D eigenvalue weighted by Crippen LogP contribution is 2.28. The van der Waals surface area contributed by atoms with E-state index in [0.29, 0.717) is 17.9 Å². The maximum Gasteiger partial charge on any atom is 0.261 e. The average Bonchev–Trinajstić information content (AvgIpc) is 2.54. The molecule has 22 heavy (non-hydrogen) atoms. The molecule has 0 spiro atoms. The van der Waals surface area contributed by atoms with Crippen LogP contribution in [0.1, 0.15) is 17.5 Å². The molecule has 0 atom stereocenters. The summed E-state index contributed by atoms with van der Waals surface area (Å²) in [4.78, 5) is 0.194. The van der Waals surface area contributed by atoms with Crippen molar-refractivity contribution in [3.63, 3.8) is 0 Å². The first-order valence-corrected chi connectivity index (χ1v) is 8.35. The number of sulfonamides is 1. The molecule has 5 nitrogen and oxygen atoms in total. The highest BCUT2D eigenvalue weighted by molar-refractivity contribution is 7.92. The summed E-state index contributed by atoms with van der Waals surface area (Å²) < 4.78 is 32.9. The number of fused-ring (bicyclic) bond motifs is 1. The molecular weight excluding hydrogens is 300 g/mol. The van der Waals surface area contributed by atoms with E-state index < -0.39 is 10.0 Å². The van der Waals surface area contributed by atoms with Crippen molar-refractivity contribution in [2.45, 2.75) is 17.7 Å². The number of nitrogens with zero attached hydrogens (tertiary/aromatic N) is 1. The summed E-state index contributed by atoms with van der Waals surface area (Å²) in [5.74, 6) is 0.747. The van der Waals surface area contributed by atoms with Gasteiger partial charge in [-0.3, -0.25) is 4.72 Å². The zero-order valence-electron chi connectivity index (χ0n) is 11.7. The van der Waals surface area contributed by atoms with Crippen LogP contribution in [0.4, 0.5) is 5.69 Å². The Morgan fingerprint density at radius 1 is 1.18 bits per heavy atom. The Morgan fingerprint density at radius 3 is 2.86 bits per heavy atom. The fraction of sp³-hybridized carbons (Fsp3) is 0.188. The minimum Gasteiger partial charge on any atom is -0.493 e. The molecule has 0 unspecified atom stereocenters. The lowest BCUT2D eigenvalue weighted by molar-refractivity contribution is 0.288. The second-order valence-corrected chi connectivity index (χ2v) is 6.70. The van der Waals surface area contributed by atoms with Crippen LogP contribution in [-0.2, 0) is 16.4 Å². The molecule has 2 aromatic carbocycles. The fourth-order valence-corrected chi connectivity index (χ4v) is 3.47. The van der Waals surface area contributed by atoms with Crippen LogP contribution < -0.4 is 9.46 Å². The Morgan fingerprint density at radius 2 is 2.05 bits per heavy atom. The van der Waals surface area contributed by atoms with Gasteiger partial charge in [0.2, 0.25) is 0 Å². The molecule has 0 aromatic heterocycles. The van der Waals surface area contributed by atoms with Gasteiger partial charge in [-0.2, -0.15) is 5.26 Å². The van der Waals surface area contributed by atoms with Gasteiger partial charge in [0.25, 0.3) is 10.0 Å². The summed E-state index contributed by atoms with van der Waals surface area (Å²) in [5, 5.41) is 8.87. The highest BCUT2D eigenvalue weighted by atomic mass is 32.2. The molecule has 1 heterocycles. The van der Waals surface area contributed by atoms with Crippen LogP contribution in [0.25, 0.3) is 0 Å². The number of benzene rings is 2. The zero-order valence-corrected chi connectivity index (χ0v) is 12.6. The first kappa shape index (κ1) is 14.4. The molecule has 0 bridgehead atoms. The van der Waals surface area contributed by atoms with Gasteiger partial charge >= 0.3 is 0 Å². The van der Waals surface area contributed by atoms with Crippen molar-refractivity contribution < 1.29 is 13.2 Å². The van der Waals surface area contributed by atoms with E-state index in [1.54, 1.807) is 30.3 Å². The number of nitrogens with one attached hydrogen (secondary N) is 1. The van der Waals surface area contributed by atoms with Gasteiger partial charge in [0, 0.05) is 0 Å². The zero-order chi connectivity index (χ0) is 15.6. The number of nitriles is 1. The molecule has 1 aliphatic rings. The van der Waals surface area contributed by atoms with Crippen LogP contribution in [0.15, 0.2) is 47.4 Å². The lowest BCUT2D eigenvalue weighted by Gasteiger charge is -2.18. The maximum atomic E-state index is 12.5. The normalized spacial score (nSPS) is 13.6. The van der Waals surface area contributed by atoms with Crippen molar-refractivity contribution in [2.75, 3.05) is 11.3 Å². The fourth-order valence-electron chi connectivity index (χ4n) is 2.37. The molecule has 0 aliphatic carbocycles. The predicted octanol–water partition coefficient (Wildman–Crippen LogP) is 2.68. The van der Waals surface area contributed by atoms with Gasteiger partial charge in [-0.05, 0) is 54.8 Å². The smallest absolute Gasteiger partial charge is 0.261 e. The minimum atomic E-state index is -3.69. The van der Waals surface area contributed by atoms with Crippen molar-refractivity contribution in [3.05, 3.63) is 53.6 Å². The predicted molar refractivity (Wildman–Crippen MR) is 82.2 cm³/mol. The van der Waals surface area contributed by atoms with Crippen LogP contribution >= 0.6 is 0 Å². The summed E-state index contributed by atoms with van der Waals surface area (Å²) in [6, 6.07) is 13.2. The van der Waals surface area contributed by atoms with Gasteiger partial charge in [-0.1, -0.05) is 6.07 Å². The van der Waals surface area contributed by atoms with Crippen molar-refractivity contribution >= 4 is 15.7 Å². The molecule has 0 saturated carbocycles. The summed E-state index contributed by atoms with van der Waals surface area (Å²) >= 11 is 0. The average molecular weight is 314 g/mol. The number of aryl methyl sites for hydroxylation is 1. The van der Waals surface area contributed by atoms with Gasteiger partial charge in [0.1, 0.15) is 5.75 Å². The summed E-state index contributed by atoms with van der Waals surface area (Å²) in [6.45, 7) is 0.665. The van der Waals surface area contributed by atoms with E-state index in [0.717, 1.165) is 24.2 Å². The summed E-state index contributed by atoms with van der Waals surface area (Å²) in [6.07, 6.45) is 1.69. The van der Waals surface area contributed by atoms with E-state index >= 15 is 0 Å². The molecule has 0 fully saturated rings. The van der Waals surface area contributed by atoms with Crippen molar-refractivity contribution in [1.29, 1.82) is 5.26 Å². The molecule has 112 valence electrons. The van der Waals surface area contributed by atoms with Gasteiger partial charge in [0.05, 0.1) is 28.8 Å². The van der Waals surface area contributed by atoms with Crippen molar-refractivity contribution in [1.82, 2.24) is 0 Å². The Labute approximate surface area is 129 Å². The third-order valence-corrected chi connectivity index (χ3v) is 4.81. The first-order valence-electron chi connectivity index (χ1n) is 6.87. The molecule has 0 saturated heterocycles. The Kier molecular flexibility index (Phi) is 3.73. The molecule has 2 aromatic rings. The molecule has 0 radical (unpaired) electrons. The van der Waals surface area contributed by atoms with E-state index in [2.05, 4.69) is 4.72 Å². The molecule has 6 heteroatoms. The number of hydrogen-bond acceptors (Lipinski definition) is 4. The van der Waals surface area contributed by atoms with Crippen molar-refractivity contribution in [3.8, 4) is 11.8 Å². The highest BCUT2D eigenvalue weighted by Gasteiger charge is 2.18. The number of rotatable bonds is 3. The quantitative estimate of drug-likeness (QED) is 0.944. The first-order chi connectivity index (χ1) is 10.6. The second-order valence-electron chi connectivity index (χ2n) is 5.02. The molecule has 3 rings (SSSR count). The number of ether oxygens (including phenoxy) is 1. The van der Waals surface area contributed by atoms with Crippen LogP contribution in [0.5, 0.6) is 5.75 Å². The van der Waals surface area contributed by atoms with Crippen LogP contribution in [-0.4, -0.2) is 15.0 Å². The standard InChI is InChI=1S/C16H14N2O3S/c17-11-12-3-1-5-14(9-12)18-22(19,20)15-6-7-16-13(10-15)4-2-8-21-16/h1,3,5-7,9-10,18H,2,4,8H2. The summed E-state index contributed by atoms with van der Waals surface area (Å²) in [7, 11) is -3.69. The van der Waals surface area contributed by atoms with E-state index in [1.165, 1.54) is 12.1 Å². The molecular formula is C16H14N2O3S. The Bertz CT molecular complexity index is 854. The maximum absolute atomic E-state index is 12.5. The van der Waals surface area contributed by atoms with Gasteiger partial charge in [0.15, 0.2) is 0 Å². The van der Waals surface area contributed by atoms with Gasteiger partial charge in [-0.25, -0.2) is 8.42 Å². The third-order valence-electron chi connectivity index (χ3n) is 3.43. The molecule has 1 aliphatic heterocycles. The van der Waals surface area contributed by atoms with Gasteiger partial charge < -0.3 is 4.74 Å². The largest absolute Gasteiger partial charge is 0.493 e. The third kappa shape index (κ3) is 2.90. The topological polar surface area (TPSA) is 79.2 Å². The van der Waals surface area contributed by atoms with Gasteiger partial charge in [-0.15, -0.1) is 0 Å². The number of hydrogen-bond donors (Lipinski definition) is 1. The minimum absolute atomic E-state index is 0.194. The molecule has 1 N–H and O–H groups in total. The lowest BCUT2D eigenvalue weighted by atomic mass is 10.1. The van der Waals surface area contributed by atoms with E-state index in [9.17, 15) is 8.42 Å². The van der Waals surface area contributed by atoms with E-state index in [4.69, 9.17) is 10.00 Å². The van der Waals surface area contributed by atoms with Crippen LogP contribution in [0.2, 0.25) is 0 Å². The number of anilines is 1. The van der Waals surface area contributed by atoms with Crippen molar-refractivity contribution in [2.24, 2.45) is 0 Å². The van der Waals surface area contributed by atoms with E-state index in [-0.39, 0.29) is 4.90 Å². The SMILES string of the molecule is N#Cc1cccc(NS(=O)(=O)c2ccc3c(c2)CCCO3)c1. The Hall–Kier alpha value is -2.52. The Balaban J connectivity index is 1.91.